The topological polar surface area (TPSA) is 0 Å². The van der Waals surface area contributed by atoms with Gasteiger partial charge in [0, 0.05) is 0 Å². The van der Waals surface area contributed by atoms with Crippen molar-refractivity contribution in [2.75, 3.05) is 0 Å². The molecule has 0 radical (unpaired) electrons. The SMILES string of the molecule is [I][Sn]([I])([I])[CH2]C(c1ccccc1)c1ccccc1. The minimum atomic E-state index is -1.90. The summed E-state index contributed by atoms with van der Waals surface area (Å²) in [5.41, 5.74) is 2.91. The van der Waals surface area contributed by atoms with E-state index in [1.165, 1.54) is 15.6 Å². The van der Waals surface area contributed by atoms with Crippen molar-refractivity contribution in [3.05, 3.63) is 71.8 Å². The van der Waals surface area contributed by atoms with Crippen molar-refractivity contribution >= 4 is 62.4 Å². The van der Waals surface area contributed by atoms with E-state index in [9.17, 15) is 0 Å². The third-order valence-corrected chi connectivity index (χ3v) is 14.2. The first-order valence-electron chi connectivity index (χ1n) is 5.73. The Balaban J connectivity index is 2.36. The number of hydrogen-bond acceptors (Lipinski definition) is 0. The van der Waals surface area contributed by atoms with Crippen LogP contribution in [0.5, 0.6) is 0 Å². The summed E-state index contributed by atoms with van der Waals surface area (Å²) in [6.07, 6.45) is 0. The quantitative estimate of drug-likeness (QED) is 0.272. The molecule has 2 aromatic carbocycles. The van der Waals surface area contributed by atoms with Crippen LogP contribution < -0.4 is 0 Å². The summed E-state index contributed by atoms with van der Waals surface area (Å²) in [6, 6.07) is 21.8. The second-order valence-corrected chi connectivity index (χ2v) is 87.5. The zero-order valence-electron chi connectivity index (χ0n) is 9.69. The zero-order valence-corrected chi connectivity index (χ0v) is 19.0. The molecule has 0 aliphatic carbocycles. The van der Waals surface area contributed by atoms with Crippen molar-refractivity contribution in [2.45, 2.75) is 10.4 Å². The van der Waals surface area contributed by atoms with Gasteiger partial charge in [-0.25, -0.2) is 0 Å². The molecule has 0 aliphatic rings. The van der Waals surface area contributed by atoms with Gasteiger partial charge in [0.1, 0.15) is 0 Å². The molecule has 0 saturated carbocycles. The predicted octanol–water partition coefficient (Wildman–Crippen LogP) is 6.06. The molecule has 0 bridgehead atoms. The van der Waals surface area contributed by atoms with Crippen LogP contribution in [0, 0.1) is 0 Å². The number of hydrogen-bond donors (Lipinski definition) is 0. The van der Waals surface area contributed by atoms with Crippen LogP contribution in [0.15, 0.2) is 60.7 Å². The molecule has 0 saturated heterocycles. The van der Waals surface area contributed by atoms with Crippen molar-refractivity contribution in [3.63, 3.8) is 0 Å². The third kappa shape index (κ3) is 5.08. The number of rotatable bonds is 4. The summed E-state index contributed by atoms with van der Waals surface area (Å²) in [5.74, 6) is 0.564. The second-order valence-electron chi connectivity index (χ2n) is 4.19. The van der Waals surface area contributed by atoms with Crippen molar-refractivity contribution in [3.8, 4) is 0 Å². The molecule has 0 N–H and O–H groups in total. The average Bonchev–Trinajstić information content (AvgIpc) is 2.37. The van der Waals surface area contributed by atoms with Crippen LogP contribution in [0.3, 0.4) is 0 Å². The molecule has 0 heterocycles. The van der Waals surface area contributed by atoms with Crippen LogP contribution >= 0.6 is 55.9 Å². The van der Waals surface area contributed by atoms with Gasteiger partial charge in [-0.2, -0.15) is 0 Å². The summed E-state index contributed by atoms with van der Waals surface area (Å²) in [6.45, 7) is -1.90. The monoisotopic (exact) mass is 682 g/mol. The molecule has 2 aromatic rings. The molecule has 0 nitrogen and oxygen atoms in total. The fourth-order valence-electron chi connectivity index (χ4n) is 2.03. The van der Waals surface area contributed by atoms with Crippen LogP contribution in [-0.2, 0) is 0 Å². The Hall–Kier alpha value is 1.43. The van der Waals surface area contributed by atoms with Crippen molar-refractivity contribution < 1.29 is 0 Å². The van der Waals surface area contributed by atoms with E-state index in [1.807, 2.05) is 0 Å². The Morgan fingerprint density at radius 2 is 1.11 bits per heavy atom. The van der Waals surface area contributed by atoms with Crippen molar-refractivity contribution in [2.24, 2.45) is 0 Å². The van der Waals surface area contributed by atoms with E-state index in [4.69, 9.17) is 0 Å². The standard InChI is InChI=1S/C14H13.3HI.Sn/c1-12(13-8-4-2-5-9-13)14-10-6-3-7-11-14;;;;/h2-12H,1H2;3*1H;/q;;;;+3/p-3. The summed E-state index contributed by atoms with van der Waals surface area (Å²) >= 11 is 8.19. The van der Waals surface area contributed by atoms with Gasteiger partial charge in [0.25, 0.3) is 0 Å². The van der Waals surface area contributed by atoms with Gasteiger partial charge in [-0.3, -0.25) is 0 Å². The molecular weight excluding hydrogens is 668 g/mol. The van der Waals surface area contributed by atoms with Gasteiger partial charge in [-0.05, 0) is 0 Å². The maximum absolute atomic E-state index is 2.73. The van der Waals surface area contributed by atoms with Crippen molar-refractivity contribution in [1.29, 1.82) is 0 Å². The molecule has 4 heteroatoms. The van der Waals surface area contributed by atoms with Gasteiger partial charge in [-0.15, -0.1) is 0 Å². The van der Waals surface area contributed by atoms with Crippen LogP contribution in [-0.4, -0.2) is 6.47 Å². The third-order valence-electron chi connectivity index (χ3n) is 2.84. The fraction of sp³-hybridized carbons (Fsp3) is 0.143. The van der Waals surface area contributed by atoms with E-state index in [2.05, 4.69) is 117 Å². The molecule has 0 atom stereocenters. The first-order chi connectivity index (χ1) is 8.56. The molecule has 0 aliphatic heterocycles. The molecule has 0 amide bonds. The zero-order chi connectivity index (χ0) is 13.0. The van der Waals surface area contributed by atoms with E-state index in [-0.39, 0.29) is 0 Å². The van der Waals surface area contributed by atoms with Gasteiger partial charge in [0.2, 0.25) is 0 Å². The summed E-state index contributed by atoms with van der Waals surface area (Å²) in [7, 11) is 0. The Kier molecular flexibility index (Phi) is 6.54. The molecule has 0 spiro atoms. The molecule has 0 fully saturated rings. The summed E-state index contributed by atoms with van der Waals surface area (Å²) in [4.78, 5) is 0. The molecular formula is C14H13I3Sn. The van der Waals surface area contributed by atoms with E-state index >= 15 is 0 Å². The Bertz CT molecular complexity index is 440. The minimum absolute atomic E-state index is 0.564. The number of benzene rings is 2. The fourth-order valence-corrected chi connectivity index (χ4v) is 13.6. The molecule has 0 unspecified atom stereocenters. The van der Waals surface area contributed by atoms with Gasteiger partial charge in [-0.1, -0.05) is 0 Å². The Morgan fingerprint density at radius 1 is 0.722 bits per heavy atom. The first-order valence-corrected chi connectivity index (χ1v) is 32.7. The first kappa shape index (κ1) is 15.8. The van der Waals surface area contributed by atoms with Gasteiger partial charge in [0.15, 0.2) is 0 Å². The van der Waals surface area contributed by atoms with Gasteiger partial charge < -0.3 is 0 Å². The van der Waals surface area contributed by atoms with Crippen LogP contribution in [0.1, 0.15) is 17.0 Å². The van der Waals surface area contributed by atoms with Crippen molar-refractivity contribution in [1.82, 2.24) is 0 Å². The van der Waals surface area contributed by atoms with Gasteiger partial charge in [0.05, 0.1) is 0 Å². The average molecular weight is 681 g/mol. The molecule has 2 rings (SSSR count). The second kappa shape index (κ2) is 7.44. The van der Waals surface area contributed by atoms with E-state index in [0.717, 1.165) is 0 Å². The Morgan fingerprint density at radius 3 is 1.44 bits per heavy atom. The molecule has 18 heavy (non-hydrogen) atoms. The molecule has 0 aromatic heterocycles. The Labute approximate surface area is 142 Å². The number of halogens is 3. The van der Waals surface area contributed by atoms with Gasteiger partial charge >= 0.3 is 145 Å². The van der Waals surface area contributed by atoms with Crippen LogP contribution in [0.2, 0.25) is 4.44 Å². The van der Waals surface area contributed by atoms with E-state index in [0.29, 0.717) is 5.92 Å². The van der Waals surface area contributed by atoms with Crippen LogP contribution in [0.25, 0.3) is 0 Å². The molecule has 94 valence electrons. The van der Waals surface area contributed by atoms with Crippen LogP contribution in [0.4, 0.5) is 0 Å². The summed E-state index contributed by atoms with van der Waals surface area (Å²) in [5, 5.41) is 0. The maximum atomic E-state index is 2.73. The normalized spacial score (nSPS) is 11.8. The predicted molar refractivity (Wildman–Crippen MR) is 107 cm³/mol. The van der Waals surface area contributed by atoms with E-state index < -0.39 is 6.47 Å². The summed E-state index contributed by atoms with van der Waals surface area (Å²) < 4.78 is 1.34. The van der Waals surface area contributed by atoms with E-state index in [1.54, 1.807) is 0 Å².